The Labute approximate surface area is 227 Å². The number of hydrogen-bond acceptors (Lipinski definition) is 7. The highest BCUT2D eigenvalue weighted by atomic mass is 32.2. The van der Waals surface area contributed by atoms with Gasteiger partial charge >= 0.3 is 12.1 Å². The molecule has 1 unspecified atom stereocenters. The van der Waals surface area contributed by atoms with Crippen LogP contribution in [0.3, 0.4) is 0 Å². The number of alkyl halides is 3. The average molecular weight is 562 g/mol. The van der Waals surface area contributed by atoms with Crippen molar-refractivity contribution >= 4 is 29.1 Å². The van der Waals surface area contributed by atoms with Crippen LogP contribution in [0.2, 0.25) is 0 Å². The molecule has 10 heteroatoms. The maximum Gasteiger partial charge on any atom is 0.416 e. The van der Waals surface area contributed by atoms with Crippen molar-refractivity contribution in [3.8, 4) is 16.3 Å². The summed E-state index contributed by atoms with van der Waals surface area (Å²) < 4.78 is 55.2. The van der Waals surface area contributed by atoms with E-state index in [0.717, 1.165) is 38.9 Å². The number of thioether (sulfide) groups is 1. The molecule has 0 fully saturated rings. The van der Waals surface area contributed by atoms with Gasteiger partial charge in [0.2, 0.25) is 0 Å². The molecule has 0 amide bonds. The molecular weight excluding hydrogens is 535 g/mol. The number of nitrogens with zero attached hydrogens (tertiary/aromatic N) is 1. The summed E-state index contributed by atoms with van der Waals surface area (Å²) in [7, 11) is 0. The number of aryl methyl sites for hydroxylation is 1. The van der Waals surface area contributed by atoms with Crippen molar-refractivity contribution in [3.05, 3.63) is 88.3 Å². The van der Waals surface area contributed by atoms with E-state index in [1.54, 1.807) is 31.9 Å². The molecule has 0 saturated heterocycles. The summed E-state index contributed by atoms with van der Waals surface area (Å²) in [4.78, 5) is 18.7. The number of thiazole rings is 1. The van der Waals surface area contributed by atoms with Gasteiger partial charge in [-0.05, 0) is 68.8 Å². The second-order valence-electron chi connectivity index (χ2n) is 8.45. The standard InChI is InChI=1S/C28H26F3NO4S2/c1-4-34-27(33)18(3)36-24-12-11-22(14-17(24)2)37-16-25-23(15-21-6-5-13-35-21)32-26(38-25)19-7-9-20(10-8-19)28(29,30)31/h5-14,18H,4,15-16H2,1-3H3. The Morgan fingerprint density at radius 3 is 2.55 bits per heavy atom. The Hall–Kier alpha value is -3.24. The minimum Gasteiger partial charge on any atom is -0.479 e. The smallest absolute Gasteiger partial charge is 0.416 e. The lowest BCUT2D eigenvalue weighted by atomic mass is 10.1. The molecule has 4 rings (SSSR count). The number of ether oxygens (including phenoxy) is 2. The van der Waals surface area contributed by atoms with Crippen molar-refractivity contribution in [3.63, 3.8) is 0 Å². The molecule has 0 aliphatic carbocycles. The van der Waals surface area contributed by atoms with Crippen molar-refractivity contribution in [2.45, 2.75) is 50.1 Å². The van der Waals surface area contributed by atoms with E-state index < -0.39 is 23.8 Å². The Bertz CT molecular complexity index is 1370. The molecule has 4 aromatic rings. The summed E-state index contributed by atoms with van der Waals surface area (Å²) >= 11 is 3.07. The third-order valence-corrected chi connectivity index (χ3v) is 7.95. The molecule has 0 bridgehead atoms. The first-order valence-corrected chi connectivity index (χ1v) is 13.7. The second-order valence-corrected chi connectivity index (χ2v) is 10.6. The summed E-state index contributed by atoms with van der Waals surface area (Å²) in [5.41, 5.74) is 1.65. The largest absolute Gasteiger partial charge is 0.479 e. The molecule has 2 aromatic carbocycles. The number of carbonyl (C=O) groups excluding carboxylic acids is 1. The highest BCUT2D eigenvalue weighted by molar-refractivity contribution is 7.98. The molecule has 0 spiro atoms. The Kier molecular flexibility index (Phi) is 8.83. The molecule has 5 nitrogen and oxygen atoms in total. The van der Waals surface area contributed by atoms with Gasteiger partial charge in [0, 0.05) is 27.5 Å². The van der Waals surface area contributed by atoms with E-state index >= 15 is 0 Å². The predicted molar refractivity (Wildman–Crippen MR) is 142 cm³/mol. The van der Waals surface area contributed by atoms with Crippen LogP contribution in [0, 0.1) is 6.92 Å². The van der Waals surface area contributed by atoms with Crippen LogP contribution in [0.1, 0.15) is 41.3 Å². The zero-order valence-electron chi connectivity index (χ0n) is 21.0. The van der Waals surface area contributed by atoms with E-state index in [1.807, 2.05) is 37.3 Å². The minimum atomic E-state index is -4.39. The highest BCUT2D eigenvalue weighted by Crippen LogP contribution is 2.36. The molecule has 1 atom stereocenters. The second kappa shape index (κ2) is 12.1. The Morgan fingerprint density at radius 2 is 1.92 bits per heavy atom. The monoisotopic (exact) mass is 561 g/mol. The zero-order valence-corrected chi connectivity index (χ0v) is 22.6. The van der Waals surface area contributed by atoms with Crippen molar-refractivity contribution in [2.24, 2.45) is 0 Å². The fourth-order valence-corrected chi connectivity index (χ4v) is 5.81. The maximum atomic E-state index is 13.0. The van der Waals surface area contributed by atoms with Crippen LogP contribution in [0.25, 0.3) is 10.6 Å². The minimum absolute atomic E-state index is 0.293. The van der Waals surface area contributed by atoms with E-state index in [1.165, 1.54) is 23.5 Å². The summed E-state index contributed by atoms with van der Waals surface area (Å²) in [5.74, 6) is 1.57. The van der Waals surface area contributed by atoms with Gasteiger partial charge in [-0.25, -0.2) is 9.78 Å². The third-order valence-electron chi connectivity index (χ3n) is 5.60. The van der Waals surface area contributed by atoms with Crippen molar-refractivity contribution < 1.29 is 31.9 Å². The fourth-order valence-electron chi connectivity index (χ4n) is 3.63. The molecule has 0 radical (unpaired) electrons. The van der Waals surface area contributed by atoms with E-state index in [2.05, 4.69) is 0 Å². The predicted octanol–water partition coefficient (Wildman–Crippen LogP) is 7.94. The van der Waals surface area contributed by atoms with Crippen molar-refractivity contribution in [1.29, 1.82) is 0 Å². The quantitative estimate of drug-likeness (QED) is 0.145. The number of benzene rings is 2. The normalized spacial score (nSPS) is 12.4. The van der Waals surface area contributed by atoms with Gasteiger partial charge in [-0.15, -0.1) is 23.1 Å². The van der Waals surface area contributed by atoms with Crippen LogP contribution < -0.4 is 4.74 Å². The number of hydrogen-bond donors (Lipinski definition) is 0. The summed E-state index contributed by atoms with van der Waals surface area (Å²) in [6.45, 7) is 5.60. The van der Waals surface area contributed by atoms with Crippen LogP contribution in [0.15, 0.2) is 70.2 Å². The Balaban J connectivity index is 1.51. The van der Waals surface area contributed by atoms with Gasteiger partial charge in [0.05, 0.1) is 24.1 Å². The number of rotatable bonds is 10. The highest BCUT2D eigenvalue weighted by Gasteiger charge is 2.30. The number of halogens is 3. The number of carbonyl (C=O) groups is 1. The van der Waals surface area contributed by atoms with Gasteiger partial charge in [0.15, 0.2) is 6.10 Å². The van der Waals surface area contributed by atoms with Gasteiger partial charge in [0.25, 0.3) is 0 Å². The lowest BCUT2D eigenvalue weighted by Crippen LogP contribution is -2.26. The van der Waals surface area contributed by atoms with Gasteiger partial charge in [-0.2, -0.15) is 13.2 Å². The topological polar surface area (TPSA) is 61.6 Å². The summed E-state index contributed by atoms with van der Waals surface area (Å²) in [5, 5.41) is 0.656. The van der Waals surface area contributed by atoms with Gasteiger partial charge in [0.1, 0.15) is 16.5 Å². The van der Waals surface area contributed by atoms with E-state index in [0.29, 0.717) is 35.1 Å². The Morgan fingerprint density at radius 1 is 1.16 bits per heavy atom. The molecule has 2 heterocycles. The first-order valence-electron chi connectivity index (χ1n) is 11.9. The van der Waals surface area contributed by atoms with Gasteiger partial charge in [-0.1, -0.05) is 12.1 Å². The van der Waals surface area contributed by atoms with E-state index in [4.69, 9.17) is 18.9 Å². The lowest BCUT2D eigenvalue weighted by Gasteiger charge is -2.15. The van der Waals surface area contributed by atoms with Crippen LogP contribution in [0.5, 0.6) is 5.75 Å². The van der Waals surface area contributed by atoms with Crippen LogP contribution in [-0.2, 0) is 27.9 Å². The molecule has 0 aliphatic heterocycles. The average Bonchev–Trinajstić information content (AvgIpc) is 3.54. The molecule has 0 saturated carbocycles. The van der Waals surface area contributed by atoms with Crippen molar-refractivity contribution in [1.82, 2.24) is 4.98 Å². The molecular formula is C28H26F3NO4S2. The lowest BCUT2D eigenvalue weighted by molar-refractivity contribution is -0.150. The van der Waals surface area contributed by atoms with Crippen molar-refractivity contribution in [2.75, 3.05) is 6.61 Å². The number of esters is 1. The summed E-state index contributed by atoms with van der Waals surface area (Å²) in [6, 6.07) is 14.5. The molecule has 2 aromatic heterocycles. The van der Waals surface area contributed by atoms with Gasteiger partial charge < -0.3 is 13.9 Å². The number of furan rings is 1. The van der Waals surface area contributed by atoms with Crippen LogP contribution in [0.4, 0.5) is 13.2 Å². The van der Waals surface area contributed by atoms with Crippen LogP contribution >= 0.6 is 23.1 Å². The number of aromatic nitrogens is 1. The fraction of sp³-hybridized carbons (Fsp3) is 0.286. The SMILES string of the molecule is CCOC(=O)C(C)Oc1ccc(SCc2sc(-c3ccc(C(F)(F)F)cc3)nc2Cc2ccco2)cc1C. The van der Waals surface area contributed by atoms with Crippen LogP contribution in [-0.4, -0.2) is 23.7 Å². The van der Waals surface area contributed by atoms with Gasteiger partial charge in [-0.3, -0.25) is 0 Å². The first-order chi connectivity index (χ1) is 18.1. The third kappa shape index (κ3) is 6.99. The van der Waals surface area contributed by atoms with E-state index in [9.17, 15) is 18.0 Å². The molecule has 0 N–H and O–H groups in total. The molecule has 200 valence electrons. The first kappa shape index (κ1) is 27.8. The summed E-state index contributed by atoms with van der Waals surface area (Å²) in [6.07, 6.45) is -3.01. The molecule has 0 aliphatic rings. The van der Waals surface area contributed by atoms with E-state index in [-0.39, 0.29) is 0 Å². The zero-order chi connectivity index (χ0) is 27.3. The maximum absolute atomic E-state index is 13.0. The molecule has 38 heavy (non-hydrogen) atoms.